The Balaban J connectivity index is 2.78. The molecule has 2 rings (SSSR count). The van der Waals surface area contributed by atoms with E-state index in [4.69, 9.17) is 11.5 Å². The minimum Gasteiger partial charge on any atom is -0.383 e. The first-order chi connectivity index (χ1) is 7.08. The van der Waals surface area contributed by atoms with Crippen LogP contribution >= 0.6 is 0 Å². The molecule has 1 aromatic carbocycles. The van der Waals surface area contributed by atoms with Crippen LogP contribution in [-0.4, -0.2) is 15.9 Å². The van der Waals surface area contributed by atoms with E-state index < -0.39 is 5.91 Å². The standard InChI is InChI=1S/C10H10N4O/c1-5-2-3-7-6(4-5)8(11)14-10(13-7)9(12)15/h2-4H,1H3,(H2,12,15)(H2,11,13,14). The average molecular weight is 202 g/mol. The van der Waals surface area contributed by atoms with Gasteiger partial charge >= 0.3 is 0 Å². The summed E-state index contributed by atoms with van der Waals surface area (Å²) in [5.74, 6) is -0.453. The highest BCUT2D eigenvalue weighted by atomic mass is 16.1. The van der Waals surface area contributed by atoms with E-state index in [1.54, 1.807) is 6.07 Å². The molecular formula is C10H10N4O. The normalized spacial score (nSPS) is 10.5. The van der Waals surface area contributed by atoms with Crippen molar-refractivity contribution < 1.29 is 4.79 Å². The second kappa shape index (κ2) is 3.20. The molecule has 0 aliphatic carbocycles. The predicted molar refractivity (Wildman–Crippen MR) is 57.2 cm³/mol. The summed E-state index contributed by atoms with van der Waals surface area (Å²) in [6, 6.07) is 5.55. The summed E-state index contributed by atoms with van der Waals surface area (Å²) in [7, 11) is 0. The summed E-state index contributed by atoms with van der Waals surface area (Å²) in [5.41, 5.74) is 12.5. The average Bonchev–Trinajstić information content (AvgIpc) is 2.18. The van der Waals surface area contributed by atoms with Crippen molar-refractivity contribution in [1.82, 2.24) is 9.97 Å². The summed E-state index contributed by atoms with van der Waals surface area (Å²) in [6.45, 7) is 1.95. The molecule has 76 valence electrons. The number of benzene rings is 1. The maximum atomic E-state index is 10.9. The number of anilines is 1. The van der Waals surface area contributed by atoms with Crippen LogP contribution in [0.1, 0.15) is 16.2 Å². The Morgan fingerprint density at radius 3 is 2.73 bits per heavy atom. The van der Waals surface area contributed by atoms with Crippen molar-refractivity contribution in [2.45, 2.75) is 6.92 Å². The first-order valence-electron chi connectivity index (χ1n) is 4.41. The molecular weight excluding hydrogens is 192 g/mol. The lowest BCUT2D eigenvalue weighted by Gasteiger charge is -2.03. The van der Waals surface area contributed by atoms with Crippen LogP contribution in [0.2, 0.25) is 0 Å². The Kier molecular flexibility index (Phi) is 2.00. The minimum atomic E-state index is -0.677. The number of hydrogen-bond acceptors (Lipinski definition) is 4. The van der Waals surface area contributed by atoms with E-state index in [0.717, 1.165) is 10.9 Å². The summed E-state index contributed by atoms with van der Waals surface area (Å²) in [5, 5.41) is 0.736. The molecule has 4 N–H and O–H groups in total. The summed E-state index contributed by atoms with van der Waals surface area (Å²) < 4.78 is 0. The van der Waals surface area contributed by atoms with Gasteiger partial charge in [-0.05, 0) is 19.1 Å². The Morgan fingerprint density at radius 1 is 1.33 bits per heavy atom. The van der Waals surface area contributed by atoms with Gasteiger partial charge in [-0.15, -0.1) is 0 Å². The highest BCUT2D eigenvalue weighted by Gasteiger charge is 2.08. The van der Waals surface area contributed by atoms with Gasteiger partial charge in [-0.3, -0.25) is 4.79 Å². The molecule has 5 nitrogen and oxygen atoms in total. The van der Waals surface area contributed by atoms with E-state index in [1.165, 1.54) is 0 Å². The number of nitrogens with two attached hydrogens (primary N) is 2. The highest BCUT2D eigenvalue weighted by molar-refractivity contribution is 5.95. The van der Waals surface area contributed by atoms with Crippen molar-refractivity contribution in [3.8, 4) is 0 Å². The van der Waals surface area contributed by atoms with Crippen molar-refractivity contribution in [3.05, 3.63) is 29.6 Å². The van der Waals surface area contributed by atoms with Crippen LogP contribution < -0.4 is 11.5 Å². The fourth-order valence-electron chi connectivity index (χ4n) is 1.38. The topological polar surface area (TPSA) is 94.9 Å². The van der Waals surface area contributed by atoms with Crippen molar-refractivity contribution in [3.63, 3.8) is 0 Å². The molecule has 0 saturated heterocycles. The molecule has 0 aliphatic rings. The van der Waals surface area contributed by atoms with E-state index in [1.807, 2.05) is 19.1 Å². The largest absolute Gasteiger partial charge is 0.383 e. The lowest BCUT2D eigenvalue weighted by molar-refractivity contribution is 0.0991. The summed E-state index contributed by atoms with van der Waals surface area (Å²) >= 11 is 0. The van der Waals surface area contributed by atoms with Crippen LogP contribution in [0.5, 0.6) is 0 Å². The molecule has 0 atom stereocenters. The Hall–Kier alpha value is -2.17. The zero-order valence-corrected chi connectivity index (χ0v) is 8.19. The molecule has 0 fully saturated rings. The van der Waals surface area contributed by atoms with Gasteiger partial charge in [-0.1, -0.05) is 11.6 Å². The van der Waals surface area contributed by atoms with Crippen LogP contribution in [0.25, 0.3) is 10.9 Å². The van der Waals surface area contributed by atoms with Crippen LogP contribution in [0, 0.1) is 6.92 Å². The van der Waals surface area contributed by atoms with Gasteiger partial charge in [-0.25, -0.2) is 9.97 Å². The van der Waals surface area contributed by atoms with Crippen LogP contribution in [0.4, 0.5) is 5.82 Å². The number of nitrogens with zero attached hydrogens (tertiary/aromatic N) is 2. The summed E-state index contributed by atoms with van der Waals surface area (Å²) in [4.78, 5) is 18.8. The summed E-state index contributed by atoms with van der Waals surface area (Å²) in [6.07, 6.45) is 0. The number of nitrogen functional groups attached to an aromatic ring is 1. The van der Waals surface area contributed by atoms with Gasteiger partial charge in [0.15, 0.2) is 0 Å². The van der Waals surface area contributed by atoms with Crippen LogP contribution in [0.3, 0.4) is 0 Å². The number of carbonyl (C=O) groups is 1. The number of fused-ring (bicyclic) bond motifs is 1. The van der Waals surface area contributed by atoms with Crippen LogP contribution in [-0.2, 0) is 0 Å². The van der Waals surface area contributed by atoms with E-state index >= 15 is 0 Å². The van der Waals surface area contributed by atoms with Gasteiger partial charge in [-0.2, -0.15) is 0 Å². The molecule has 2 aromatic rings. The van der Waals surface area contributed by atoms with Crippen LogP contribution in [0.15, 0.2) is 18.2 Å². The lowest BCUT2D eigenvalue weighted by atomic mass is 10.1. The van der Waals surface area contributed by atoms with Crippen molar-refractivity contribution in [1.29, 1.82) is 0 Å². The highest BCUT2D eigenvalue weighted by Crippen LogP contribution is 2.18. The van der Waals surface area contributed by atoms with Gasteiger partial charge in [0.2, 0.25) is 5.82 Å². The molecule has 0 spiro atoms. The Labute approximate surface area is 86.1 Å². The second-order valence-electron chi connectivity index (χ2n) is 3.32. The molecule has 1 amide bonds. The first-order valence-corrected chi connectivity index (χ1v) is 4.41. The maximum absolute atomic E-state index is 10.9. The first kappa shape index (κ1) is 9.39. The fourth-order valence-corrected chi connectivity index (χ4v) is 1.38. The smallest absolute Gasteiger partial charge is 0.286 e. The third kappa shape index (κ3) is 1.59. The molecule has 1 aromatic heterocycles. The number of amides is 1. The number of hydrogen-bond donors (Lipinski definition) is 2. The van der Waals surface area contributed by atoms with Gasteiger partial charge in [0.05, 0.1) is 5.52 Å². The number of aryl methyl sites for hydroxylation is 1. The van der Waals surface area contributed by atoms with Crippen molar-refractivity contribution in [2.75, 3.05) is 5.73 Å². The quantitative estimate of drug-likeness (QED) is 0.708. The predicted octanol–water partition coefficient (Wildman–Crippen LogP) is 0.619. The molecule has 0 saturated carbocycles. The van der Waals surface area contributed by atoms with Gasteiger partial charge in [0.1, 0.15) is 5.82 Å². The second-order valence-corrected chi connectivity index (χ2v) is 3.32. The lowest BCUT2D eigenvalue weighted by Crippen LogP contribution is -2.16. The fraction of sp³-hybridized carbons (Fsp3) is 0.100. The molecule has 0 bridgehead atoms. The number of carbonyl (C=O) groups excluding carboxylic acids is 1. The number of rotatable bonds is 1. The van der Waals surface area contributed by atoms with Crippen molar-refractivity contribution >= 4 is 22.6 Å². The maximum Gasteiger partial charge on any atom is 0.286 e. The Bertz CT molecular complexity index is 550. The molecule has 15 heavy (non-hydrogen) atoms. The monoisotopic (exact) mass is 202 g/mol. The number of primary amides is 1. The van der Waals surface area contributed by atoms with Gasteiger partial charge < -0.3 is 11.5 Å². The van der Waals surface area contributed by atoms with E-state index in [0.29, 0.717) is 5.52 Å². The minimum absolute atomic E-state index is 0.0520. The molecule has 5 heteroatoms. The third-order valence-corrected chi connectivity index (χ3v) is 2.10. The number of aromatic nitrogens is 2. The molecule has 0 aliphatic heterocycles. The van der Waals surface area contributed by atoms with Crippen molar-refractivity contribution in [2.24, 2.45) is 5.73 Å². The molecule has 0 radical (unpaired) electrons. The third-order valence-electron chi connectivity index (χ3n) is 2.10. The van der Waals surface area contributed by atoms with Gasteiger partial charge in [0.25, 0.3) is 5.91 Å². The van der Waals surface area contributed by atoms with E-state index in [9.17, 15) is 4.79 Å². The van der Waals surface area contributed by atoms with Gasteiger partial charge in [0, 0.05) is 5.39 Å². The zero-order chi connectivity index (χ0) is 11.0. The van der Waals surface area contributed by atoms with E-state index in [2.05, 4.69) is 9.97 Å². The SMILES string of the molecule is Cc1ccc2nc(C(N)=O)nc(N)c2c1. The Morgan fingerprint density at radius 2 is 2.07 bits per heavy atom. The molecule has 1 heterocycles. The zero-order valence-electron chi connectivity index (χ0n) is 8.19. The van der Waals surface area contributed by atoms with E-state index in [-0.39, 0.29) is 11.6 Å². The molecule has 0 unspecified atom stereocenters.